The monoisotopic (exact) mass is 436 g/mol. The minimum Gasteiger partial charge on any atom is -0.353 e. The van der Waals surface area contributed by atoms with E-state index in [0.29, 0.717) is 12.8 Å². The van der Waals surface area contributed by atoms with Crippen molar-refractivity contribution in [2.75, 3.05) is 31.1 Å². The predicted octanol–water partition coefficient (Wildman–Crippen LogP) is 3.04. The maximum Gasteiger partial charge on any atom is 0.220 e. The molecule has 166 valence electrons. The molecule has 30 heavy (non-hydrogen) atoms. The van der Waals surface area contributed by atoms with Crippen molar-refractivity contribution in [2.45, 2.75) is 62.8 Å². The van der Waals surface area contributed by atoms with Gasteiger partial charge in [0, 0.05) is 37.5 Å². The molecule has 2 aliphatic heterocycles. The third-order valence-electron chi connectivity index (χ3n) is 7.30. The summed E-state index contributed by atoms with van der Waals surface area (Å²) in [5.74, 6) is 0.171. The average Bonchev–Trinajstić information content (AvgIpc) is 3.30. The fourth-order valence-electron chi connectivity index (χ4n) is 5.64. The lowest BCUT2D eigenvalue weighted by molar-refractivity contribution is -0.122. The fraction of sp³-hybridized carbons (Fsp3) is 0.696. The number of hydrogen-bond acceptors (Lipinski definition) is 4. The van der Waals surface area contributed by atoms with Gasteiger partial charge in [0.15, 0.2) is 9.84 Å². The Bertz CT molecular complexity index is 842. The van der Waals surface area contributed by atoms with E-state index in [1.54, 1.807) is 12.1 Å². The van der Waals surface area contributed by atoms with Crippen LogP contribution in [0.3, 0.4) is 0 Å². The Morgan fingerprint density at radius 1 is 1.10 bits per heavy atom. The molecule has 2 heterocycles. The van der Waals surface area contributed by atoms with Crippen LogP contribution in [-0.4, -0.2) is 56.4 Å². The van der Waals surface area contributed by atoms with E-state index in [1.165, 1.54) is 18.4 Å². The SMILES string of the molecule is O=C(CC1CCS(=O)(=O)C1)NC1CCN(CC2(c3ccc(F)cc3)CCCC2)CC1. The van der Waals surface area contributed by atoms with Gasteiger partial charge in [0.05, 0.1) is 11.5 Å². The van der Waals surface area contributed by atoms with Gasteiger partial charge in [-0.05, 0) is 55.7 Å². The molecule has 1 aromatic carbocycles. The second kappa shape index (κ2) is 8.95. The summed E-state index contributed by atoms with van der Waals surface area (Å²) in [6, 6.07) is 7.24. The van der Waals surface area contributed by atoms with Crippen LogP contribution in [0.4, 0.5) is 4.39 Å². The van der Waals surface area contributed by atoms with Crippen molar-refractivity contribution >= 4 is 15.7 Å². The molecule has 1 unspecified atom stereocenters. The number of sulfone groups is 1. The Morgan fingerprint density at radius 2 is 1.77 bits per heavy atom. The van der Waals surface area contributed by atoms with Crippen LogP contribution in [0.15, 0.2) is 24.3 Å². The van der Waals surface area contributed by atoms with Crippen LogP contribution in [0.5, 0.6) is 0 Å². The number of carbonyl (C=O) groups excluding carboxylic acids is 1. The molecular weight excluding hydrogens is 403 g/mol. The second-order valence-electron chi connectivity index (χ2n) is 9.59. The van der Waals surface area contributed by atoms with E-state index >= 15 is 0 Å². The molecule has 0 bridgehead atoms. The Hall–Kier alpha value is -1.47. The van der Waals surface area contributed by atoms with Gasteiger partial charge < -0.3 is 10.2 Å². The molecule has 0 radical (unpaired) electrons. The van der Waals surface area contributed by atoms with Crippen molar-refractivity contribution in [1.29, 1.82) is 0 Å². The van der Waals surface area contributed by atoms with Gasteiger partial charge >= 0.3 is 0 Å². The van der Waals surface area contributed by atoms with Crippen LogP contribution >= 0.6 is 0 Å². The van der Waals surface area contributed by atoms with Crippen LogP contribution < -0.4 is 5.32 Å². The zero-order chi connectivity index (χ0) is 21.2. The van der Waals surface area contributed by atoms with Crippen molar-refractivity contribution in [3.63, 3.8) is 0 Å². The summed E-state index contributed by atoms with van der Waals surface area (Å²) in [6.07, 6.45) is 7.54. The van der Waals surface area contributed by atoms with Crippen molar-refractivity contribution in [2.24, 2.45) is 5.92 Å². The van der Waals surface area contributed by atoms with Crippen LogP contribution in [0, 0.1) is 11.7 Å². The highest BCUT2D eigenvalue weighted by molar-refractivity contribution is 7.91. The number of benzene rings is 1. The number of carbonyl (C=O) groups is 1. The van der Waals surface area contributed by atoms with Gasteiger partial charge in [-0.1, -0.05) is 25.0 Å². The molecule has 3 fully saturated rings. The molecule has 1 atom stereocenters. The number of amides is 1. The van der Waals surface area contributed by atoms with Crippen molar-refractivity contribution in [3.05, 3.63) is 35.6 Å². The van der Waals surface area contributed by atoms with Crippen LogP contribution in [0.25, 0.3) is 0 Å². The van der Waals surface area contributed by atoms with Gasteiger partial charge in [-0.15, -0.1) is 0 Å². The van der Waals surface area contributed by atoms with Gasteiger partial charge in [-0.2, -0.15) is 0 Å². The number of rotatable bonds is 6. The second-order valence-corrected chi connectivity index (χ2v) is 11.8. The zero-order valence-electron chi connectivity index (χ0n) is 17.6. The van der Waals surface area contributed by atoms with Gasteiger partial charge in [0.25, 0.3) is 0 Å². The first-order valence-electron chi connectivity index (χ1n) is 11.3. The lowest BCUT2D eigenvalue weighted by atomic mass is 9.78. The molecule has 1 amide bonds. The highest BCUT2D eigenvalue weighted by Crippen LogP contribution is 2.42. The Balaban J connectivity index is 1.27. The summed E-state index contributed by atoms with van der Waals surface area (Å²) in [4.78, 5) is 14.9. The molecule has 2 saturated heterocycles. The van der Waals surface area contributed by atoms with Crippen molar-refractivity contribution in [3.8, 4) is 0 Å². The maximum atomic E-state index is 13.4. The van der Waals surface area contributed by atoms with E-state index < -0.39 is 9.84 Å². The van der Waals surface area contributed by atoms with Crippen LogP contribution in [0.2, 0.25) is 0 Å². The lowest BCUT2D eigenvalue weighted by Gasteiger charge is -2.39. The summed E-state index contributed by atoms with van der Waals surface area (Å²) >= 11 is 0. The first-order valence-corrected chi connectivity index (χ1v) is 13.1. The molecule has 1 saturated carbocycles. The minimum atomic E-state index is -2.93. The molecule has 4 rings (SSSR count). The molecule has 3 aliphatic rings. The summed E-state index contributed by atoms with van der Waals surface area (Å²) in [5.41, 5.74) is 1.38. The number of piperidine rings is 1. The predicted molar refractivity (Wildman–Crippen MR) is 116 cm³/mol. The number of hydrogen-bond donors (Lipinski definition) is 1. The largest absolute Gasteiger partial charge is 0.353 e. The van der Waals surface area contributed by atoms with Crippen molar-refractivity contribution in [1.82, 2.24) is 10.2 Å². The summed E-state index contributed by atoms with van der Waals surface area (Å²) < 4.78 is 36.6. The van der Waals surface area contributed by atoms with E-state index in [-0.39, 0.29) is 40.6 Å². The van der Waals surface area contributed by atoms with E-state index in [9.17, 15) is 17.6 Å². The number of halogens is 1. The quantitative estimate of drug-likeness (QED) is 0.744. The Kier molecular flexibility index (Phi) is 6.49. The topological polar surface area (TPSA) is 66.5 Å². The van der Waals surface area contributed by atoms with E-state index in [1.807, 2.05) is 12.1 Å². The molecular formula is C23H33FN2O3S. The maximum absolute atomic E-state index is 13.4. The molecule has 1 aromatic rings. The third-order valence-corrected chi connectivity index (χ3v) is 9.13. The van der Waals surface area contributed by atoms with E-state index in [0.717, 1.165) is 45.3 Å². The van der Waals surface area contributed by atoms with Gasteiger partial charge in [-0.25, -0.2) is 12.8 Å². The summed E-state index contributed by atoms with van der Waals surface area (Å²) in [6.45, 7) is 2.90. The van der Waals surface area contributed by atoms with Gasteiger partial charge in [0.1, 0.15) is 5.82 Å². The van der Waals surface area contributed by atoms with Gasteiger partial charge in [-0.3, -0.25) is 4.79 Å². The summed E-state index contributed by atoms with van der Waals surface area (Å²) in [7, 11) is -2.93. The van der Waals surface area contributed by atoms with E-state index in [2.05, 4.69) is 10.2 Å². The molecule has 0 spiro atoms. The number of likely N-dealkylation sites (tertiary alicyclic amines) is 1. The summed E-state index contributed by atoms with van der Waals surface area (Å²) in [5, 5.41) is 3.13. The first kappa shape index (κ1) is 21.8. The molecule has 1 aliphatic carbocycles. The smallest absolute Gasteiger partial charge is 0.220 e. The van der Waals surface area contributed by atoms with E-state index in [4.69, 9.17) is 0 Å². The first-order chi connectivity index (χ1) is 14.3. The highest BCUT2D eigenvalue weighted by atomic mass is 32.2. The highest BCUT2D eigenvalue weighted by Gasteiger charge is 2.38. The normalized spacial score (nSPS) is 26.6. The lowest BCUT2D eigenvalue weighted by Crippen LogP contribution is -2.48. The third kappa shape index (κ3) is 5.22. The van der Waals surface area contributed by atoms with Crippen LogP contribution in [0.1, 0.15) is 56.9 Å². The minimum absolute atomic E-state index is 0.00544. The molecule has 5 nitrogen and oxygen atoms in total. The number of nitrogens with zero attached hydrogens (tertiary/aromatic N) is 1. The van der Waals surface area contributed by atoms with Gasteiger partial charge in [0.2, 0.25) is 5.91 Å². The zero-order valence-corrected chi connectivity index (χ0v) is 18.4. The fourth-order valence-corrected chi connectivity index (χ4v) is 7.50. The Labute approximate surface area is 179 Å². The average molecular weight is 437 g/mol. The van der Waals surface area contributed by atoms with Crippen LogP contribution in [-0.2, 0) is 20.0 Å². The standard InChI is InChI=1S/C23H33FN2O3S/c24-20-5-3-19(4-6-20)23(10-1-2-11-23)17-26-12-7-21(8-13-26)25-22(27)15-18-9-14-30(28,29)16-18/h3-6,18,21H,1-2,7-17H2,(H,25,27). The molecule has 0 aromatic heterocycles. The molecule has 1 N–H and O–H groups in total. The van der Waals surface area contributed by atoms with Crippen molar-refractivity contribution < 1.29 is 17.6 Å². The number of nitrogens with one attached hydrogen (secondary N) is 1. The molecule has 7 heteroatoms. The Morgan fingerprint density at radius 3 is 2.37 bits per heavy atom.